The van der Waals surface area contributed by atoms with Crippen LogP contribution in [0.4, 0.5) is 22.0 Å². The van der Waals surface area contributed by atoms with E-state index in [1.807, 2.05) is 4.57 Å². The number of carbonyl (C=O) groups excluding carboxylic acids is 1. The minimum atomic E-state index is -5.07. The second kappa shape index (κ2) is 13.1. The van der Waals surface area contributed by atoms with Crippen LogP contribution in [-0.2, 0) is 15.7 Å². The number of benzene rings is 1. The Kier molecular flexibility index (Phi) is 8.71. The van der Waals surface area contributed by atoms with Crippen LogP contribution in [0, 0.1) is 23.7 Å². The Morgan fingerprint density at radius 2 is 1.61 bits per heavy atom. The highest BCUT2D eigenvalue weighted by Crippen LogP contribution is 2.58. The summed E-state index contributed by atoms with van der Waals surface area (Å²) in [4.78, 5) is 37.2. The summed E-state index contributed by atoms with van der Waals surface area (Å²) in [7, 11) is 0. The zero-order chi connectivity index (χ0) is 37.6. The number of nitrogens with zero attached hydrogens (tertiary/aromatic N) is 4. The topological polar surface area (TPSA) is 119 Å². The average molecular weight is 758 g/mol. The van der Waals surface area contributed by atoms with Gasteiger partial charge in [-0.25, -0.2) is 23.5 Å². The molecule has 3 aromatic rings. The van der Waals surface area contributed by atoms with Crippen molar-refractivity contribution in [1.29, 1.82) is 0 Å². The maximum Gasteiger partial charge on any atom is 0.434 e. The van der Waals surface area contributed by atoms with Crippen molar-refractivity contribution in [2.45, 2.75) is 106 Å². The zero-order valence-corrected chi connectivity index (χ0v) is 29.8. The number of nitrogens with one attached hydrogen (secondary N) is 1. The number of fused-ring (bicyclic) bond motifs is 1. The third kappa shape index (κ3) is 6.22. The van der Waals surface area contributed by atoms with Gasteiger partial charge in [0, 0.05) is 61.4 Å². The van der Waals surface area contributed by atoms with Gasteiger partial charge in [0.2, 0.25) is 5.92 Å². The number of piperidine rings is 1. The number of likely N-dealkylation sites (tertiary alicyclic amines) is 1. The van der Waals surface area contributed by atoms with E-state index in [0.29, 0.717) is 60.2 Å². The van der Waals surface area contributed by atoms with Crippen molar-refractivity contribution in [1.82, 2.24) is 24.8 Å². The fraction of sp³-hybridized carbons (Fsp3) is 0.641. The molecule has 0 radical (unpaired) electrons. The molecule has 54 heavy (non-hydrogen) atoms. The Bertz CT molecular complexity index is 1920. The Morgan fingerprint density at radius 1 is 0.944 bits per heavy atom. The monoisotopic (exact) mass is 757 g/mol. The van der Waals surface area contributed by atoms with Gasteiger partial charge in [0.25, 0.3) is 5.91 Å². The molecule has 1 aromatic carbocycles. The van der Waals surface area contributed by atoms with Crippen molar-refractivity contribution < 1.29 is 46.1 Å². The molecule has 5 aliphatic carbocycles. The molecule has 4 heterocycles. The molecule has 1 amide bonds. The van der Waals surface area contributed by atoms with Crippen LogP contribution in [0.3, 0.4) is 0 Å². The van der Waals surface area contributed by atoms with E-state index in [9.17, 15) is 36.6 Å². The summed E-state index contributed by atoms with van der Waals surface area (Å²) in [6.45, 7) is 3.24. The first-order chi connectivity index (χ1) is 25.8. The highest BCUT2D eigenvalue weighted by Gasteiger charge is 2.62. The number of ether oxygens (including phenoxy) is 2. The van der Waals surface area contributed by atoms with Crippen LogP contribution in [0.2, 0.25) is 0 Å². The molecule has 2 aromatic heterocycles. The standard InChI is InChI=1S/C39H44F5N5O5/c40-37(41)7-3-25(4-8-37)49-18-31(29-2-1-28(16-32(29)49)54-27-5-9-48(10-6-27)26-19-53-20-26)34-45-17-30(33(46-34)39(42,43)44)35(50)47-38(36(51)52)23-12-21-11-22(14-23)15-24(38)13-21/h1-2,16-18,21-27H,3-15,19-20H2,(H,47,50)(H,51,52). The second-order valence-electron chi connectivity index (χ2n) is 16.6. The van der Waals surface area contributed by atoms with Gasteiger partial charge in [-0.3, -0.25) is 9.69 Å². The van der Waals surface area contributed by atoms with Crippen molar-refractivity contribution in [3.05, 3.63) is 41.9 Å². The van der Waals surface area contributed by atoms with E-state index in [2.05, 4.69) is 20.2 Å². The Labute approximate surface area is 308 Å². The molecule has 15 heteroatoms. The number of aromatic nitrogens is 3. The summed E-state index contributed by atoms with van der Waals surface area (Å²) in [5.74, 6) is -4.87. The number of hydrogen-bond donors (Lipinski definition) is 2. The van der Waals surface area contributed by atoms with Gasteiger partial charge in [-0.1, -0.05) is 0 Å². The van der Waals surface area contributed by atoms with Gasteiger partial charge in [-0.05, 0) is 93.6 Å². The first-order valence-electron chi connectivity index (χ1n) is 19.3. The fourth-order valence-electron chi connectivity index (χ4n) is 10.8. The number of alkyl halides is 5. The number of carbonyl (C=O) groups is 2. The van der Waals surface area contributed by atoms with Crippen molar-refractivity contribution in [2.75, 3.05) is 26.3 Å². The number of hydrogen-bond acceptors (Lipinski definition) is 7. The molecule has 4 bridgehead atoms. The van der Waals surface area contributed by atoms with E-state index in [1.54, 1.807) is 24.4 Å². The number of halogens is 5. The molecular weight excluding hydrogens is 713 g/mol. The molecule has 0 atom stereocenters. The lowest BCUT2D eigenvalue weighted by molar-refractivity contribution is -0.163. The summed E-state index contributed by atoms with van der Waals surface area (Å²) in [5.41, 5.74) is -3.10. The minimum Gasteiger partial charge on any atom is -0.490 e. The molecule has 2 saturated heterocycles. The fourth-order valence-corrected chi connectivity index (χ4v) is 10.8. The van der Waals surface area contributed by atoms with E-state index >= 15 is 0 Å². The molecule has 290 valence electrons. The minimum absolute atomic E-state index is 0.0357. The van der Waals surface area contributed by atoms with E-state index in [1.165, 1.54) is 0 Å². The Morgan fingerprint density at radius 3 is 2.20 bits per heavy atom. The summed E-state index contributed by atoms with van der Waals surface area (Å²) >= 11 is 0. The zero-order valence-electron chi connectivity index (χ0n) is 29.8. The Balaban J connectivity index is 1.04. The van der Waals surface area contributed by atoms with E-state index < -0.39 is 40.8 Å². The lowest BCUT2D eigenvalue weighted by Gasteiger charge is -2.59. The van der Waals surface area contributed by atoms with E-state index in [0.717, 1.165) is 51.8 Å². The number of amides is 1. The van der Waals surface area contributed by atoms with Gasteiger partial charge in [-0.15, -0.1) is 0 Å². The third-order valence-corrected chi connectivity index (χ3v) is 13.4. The number of carboxylic acids is 1. The smallest absolute Gasteiger partial charge is 0.434 e. The summed E-state index contributed by atoms with van der Waals surface area (Å²) < 4.78 is 86.4. The lowest BCUT2D eigenvalue weighted by Crippen LogP contribution is -2.70. The summed E-state index contributed by atoms with van der Waals surface area (Å²) in [6, 6.07) is 5.39. The molecule has 2 aliphatic heterocycles. The highest BCUT2D eigenvalue weighted by atomic mass is 19.4. The van der Waals surface area contributed by atoms with Gasteiger partial charge in [0.15, 0.2) is 11.5 Å². The first kappa shape index (κ1) is 35.8. The van der Waals surface area contributed by atoms with Crippen molar-refractivity contribution in [3.63, 3.8) is 0 Å². The molecule has 0 unspecified atom stereocenters. The van der Waals surface area contributed by atoms with Crippen molar-refractivity contribution in [2.24, 2.45) is 23.7 Å². The molecule has 10 rings (SSSR count). The summed E-state index contributed by atoms with van der Waals surface area (Å²) in [6.07, 6.45) is 2.20. The van der Waals surface area contributed by atoms with E-state index in [4.69, 9.17) is 9.47 Å². The van der Waals surface area contributed by atoms with E-state index in [-0.39, 0.29) is 61.1 Å². The quantitative estimate of drug-likeness (QED) is 0.234. The van der Waals surface area contributed by atoms with Crippen LogP contribution in [0.25, 0.3) is 22.3 Å². The number of carboxylic acid groups (broad SMARTS) is 1. The highest BCUT2D eigenvalue weighted by molar-refractivity contribution is 6.00. The second-order valence-corrected chi connectivity index (χ2v) is 16.6. The van der Waals surface area contributed by atoms with Crippen LogP contribution in [0.1, 0.15) is 92.7 Å². The lowest BCUT2D eigenvalue weighted by atomic mass is 9.48. The molecule has 10 nitrogen and oxygen atoms in total. The van der Waals surface area contributed by atoms with Gasteiger partial charge in [-0.2, -0.15) is 13.2 Å². The van der Waals surface area contributed by atoms with Gasteiger partial charge < -0.3 is 24.5 Å². The third-order valence-electron chi connectivity index (χ3n) is 13.4. The van der Waals surface area contributed by atoms with Crippen LogP contribution in [-0.4, -0.2) is 86.3 Å². The molecule has 2 N–H and O–H groups in total. The molecule has 7 fully saturated rings. The maximum absolute atomic E-state index is 14.8. The predicted molar refractivity (Wildman–Crippen MR) is 185 cm³/mol. The number of aliphatic carboxylic acids is 1. The van der Waals surface area contributed by atoms with Crippen molar-refractivity contribution in [3.8, 4) is 17.1 Å². The average Bonchev–Trinajstić information content (AvgIpc) is 3.47. The molecule has 0 spiro atoms. The van der Waals surface area contributed by atoms with Crippen LogP contribution < -0.4 is 10.1 Å². The Hall–Kier alpha value is -3.85. The van der Waals surface area contributed by atoms with Gasteiger partial charge >= 0.3 is 12.1 Å². The van der Waals surface area contributed by atoms with Crippen molar-refractivity contribution >= 4 is 22.8 Å². The molecular formula is C39H44F5N5O5. The first-order valence-corrected chi connectivity index (χ1v) is 19.3. The predicted octanol–water partition coefficient (Wildman–Crippen LogP) is 7.12. The van der Waals surface area contributed by atoms with Gasteiger partial charge in [0.1, 0.15) is 17.4 Å². The molecule has 7 aliphatic rings. The number of rotatable bonds is 8. The SMILES string of the molecule is O=C(NC1(C(=O)O)C2CC3CC(C2)CC1C3)c1cnc(-c2cn(C3CCC(F)(F)CC3)c3cc(OC4CCN(C5COC5)CC4)ccc23)nc1C(F)(F)F. The normalized spacial score (nSPS) is 30.4. The molecule has 5 saturated carbocycles. The van der Waals surface area contributed by atoms with Crippen LogP contribution in [0.15, 0.2) is 30.6 Å². The van der Waals surface area contributed by atoms with Gasteiger partial charge in [0.05, 0.1) is 30.3 Å². The van der Waals surface area contributed by atoms with Crippen LogP contribution >= 0.6 is 0 Å². The maximum atomic E-state index is 14.8. The van der Waals surface area contributed by atoms with Crippen LogP contribution in [0.5, 0.6) is 5.75 Å². The largest absolute Gasteiger partial charge is 0.490 e. The summed E-state index contributed by atoms with van der Waals surface area (Å²) in [5, 5.41) is 13.6.